The molecule has 22 heavy (non-hydrogen) atoms. The van der Waals surface area contributed by atoms with E-state index in [1.807, 2.05) is 16.8 Å². The molecule has 0 aliphatic carbocycles. The highest BCUT2D eigenvalue weighted by atomic mass is 32.1. The molecule has 8 heteroatoms. The Kier molecular flexibility index (Phi) is 3.98. The van der Waals surface area contributed by atoms with Crippen molar-refractivity contribution in [1.82, 2.24) is 20.0 Å². The van der Waals surface area contributed by atoms with Crippen LogP contribution in [0.5, 0.6) is 0 Å². The van der Waals surface area contributed by atoms with Crippen LogP contribution in [0, 0.1) is 0 Å². The Morgan fingerprint density at radius 1 is 1.18 bits per heavy atom. The van der Waals surface area contributed by atoms with Crippen molar-refractivity contribution in [1.29, 1.82) is 0 Å². The number of aromatic nitrogens is 3. The largest absolute Gasteiger partial charge is 0.379 e. The molecule has 3 aromatic rings. The molecule has 114 valence electrons. The smallest absolute Gasteiger partial charge is 0.277 e. The second kappa shape index (κ2) is 6.25. The van der Waals surface area contributed by atoms with E-state index in [1.54, 1.807) is 22.7 Å². The molecule has 0 radical (unpaired) electrons. The van der Waals surface area contributed by atoms with Gasteiger partial charge in [-0.1, -0.05) is 11.2 Å². The van der Waals surface area contributed by atoms with Crippen LogP contribution in [-0.2, 0) is 11.3 Å². The molecule has 1 aliphatic heterocycles. The van der Waals surface area contributed by atoms with Crippen molar-refractivity contribution < 1.29 is 9.26 Å². The van der Waals surface area contributed by atoms with Gasteiger partial charge in [-0.15, -0.1) is 22.7 Å². The highest BCUT2D eigenvalue weighted by Gasteiger charge is 2.17. The minimum absolute atomic E-state index is 0.488. The Balaban J connectivity index is 1.49. The van der Waals surface area contributed by atoms with Gasteiger partial charge in [-0.3, -0.25) is 4.90 Å². The maximum Gasteiger partial charge on any atom is 0.277 e. The van der Waals surface area contributed by atoms with Crippen LogP contribution in [0.25, 0.3) is 21.5 Å². The molecular weight excluding hydrogens is 320 g/mol. The second-order valence-corrected chi connectivity index (χ2v) is 6.73. The van der Waals surface area contributed by atoms with E-state index >= 15 is 0 Å². The topological polar surface area (TPSA) is 64.3 Å². The van der Waals surface area contributed by atoms with Crippen molar-refractivity contribution in [3.8, 4) is 21.5 Å². The highest BCUT2D eigenvalue weighted by Crippen LogP contribution is 2.30. The summed E-state index contributed by atoms with van der Waals surface area (Å²) in [5.74, 6) is 1.19. The summed E-state index contributed by atoms with van der Waals surface area (Å²) < 4.78 is 10.7. The summed E-state index contributed by atoms with van der Waals surface area (Å²) in [5.41, 5.74) is 0.745. The second-order valence-electron chi connectivity index (χ2n) is 4.92. The highest BCUT2D eigenvalue weighted by molar-refractivity contribution is 7.20. The van der Waals surface area contributed by atoms with E-state index < -0.39 is 0 Å². The average Bonchev–Trinajstić information content (AvgIpc) is 3.29. The summed E-state index contributed by atoms with van der Waals surface area (Å²) in [6.07, 6.45) is 0. The van der Waals surface area contributed by atoms with Crippen LogP contribution in [0.3, 0.4) is 0 Å². The summed E-state index contributed by atoms with van der Waals surface area (Å²) in [6, 6.07) is 4.08. The van der Waals surface area contributed by atoms with E-state index in [4.69, 9.17) is 9.26 Å². The van der Waals surface area contributed by atoms with E-state index in [1.165, 1.54) is 0 Å². The average molecular weight is 334 g/mol. The third kappa shape index (κ3) is 2.95. The van der Waals surface area contributed by atoms with Gasteiger partial charge in [-0.25, -0.2) is 4.98 Å². The Labute approximate surface area is 135 Å². The van der Waals surface area contributed by atoms with Gasteiger partial charge >= 0.3 is 0 Å². The lowest BCUT2D eigenvalue weighted by Gasteiger charge is -2.24. The molecule has 0 bridgehead atoms. The predicted octanol–water partition coefficient (Wildman–Crippen LogP) is 2.75. The van der Waals surface area contributed by atoms with Gasteiger partial charge in [0.25, 0.3) is 5.89 Å². The Morgan fingerprint density at radius 2 is 2.09 bits per heavy atom. The Morgan fingerprint density at radius 3 is 2.91 bits per heavy atom. The Bertz CT molecular complexity index is 732. The van der Waals surface area contributed by atoms with Crippen molar-refractivity contribution in [3.63, 3.8) is 0 Å². The van der Waals surface area contributed by atoms with Gasteiger partial charge in [0, 0.05) is 18.5 Å². The summed E-state index contributed by atoms with van der Waals surface area (Å²) in [6.45, 7) is 4.03. The summed E-state index contributed by atoms with van der Waals surface area (Å²) in [5, 5.41) is 9.05. The van der Waals surface area contributed by atoms with Gasteiger partial charge in [0.05, 0.1) is 24.6 Å². The van der Waals surface area contributed by atoms with Gasteiger partial charge in [-0.05, 0) is 11.4 Å². The third-order valence-electron chi connectivity index (χ3n) is 3.39. The fourth-order valence-electron chi connectivity index (χ4n) is 2.27. The van der Waals surface area contributed by atoms with Crippen LogP contribution in [0.15, 0.2) is 27.4 Å². The lowest BCUT2D eigenvalue weighted by atomic mass is 10.4. The molecule has 0 aromatic carbocycles. The number of nitrogens with zero attached hydrogens (tertiary/aromatic N) is 4. The van der Waals surface area contributed by atoms with Crippen LogP contribution in [-0.4, -0.2) is 46.3 Å². The predicted molar refractivity (Wildman–Crippen MR) is 84.8 cm³/mol. The third-order valence-corrected chi connectivity index (χ3v) is 5.27. The molecule has 0 N–H and O–H groups in total. The van der Waals surface area contributed by atoms with E-state index in [-0.39, 0.29) is 0 Å². The van der Waals surface area contributed by atoms with Gasteiger partial charge in [0.15, 0.2) is 5.82 Å². The molecule has 0 atom stereocenters. The van der Waals surface area contributed by atoms with Crippen LogP contribution in [0.4, 0.5) is 0 Å². The van der Waals surface area contributed by atoms with Crippen LogP contribution in [0.1, 0.15) is 5.82 Å². The zero-order valence-corrected chi connectivity index (χ0v) is 13.4. The van der Waals surface area contributed by atoms with E-state index in [9.17, 15) is 0 Å². The zero-order valence-electron chi connectivity index (χ0n) is 11.8. The molecule has 0 amide bonds. The van der Waals surface area contributed by atoms with Crippen LogP contribution < -0.4 is 0 Å². The molecule has 0 unspecified atom stereocenters. The maximum absolute atomic E-state index is 5.35. The van der Waals surface area contributed by atoms with E-state index in [2.05, 4.69) is 26.1 Å². The van der Waals surface area contributed by atoms with Gasteiger partial charge in [0.1, 0.15) is 10.7 Å². The first kappa shape index (κ1) is 14.0. The lowest BCUT2D eigenvalue weighted by molar-refractivity contribution is 0.0327. The van der Waals surface area contributed by atoms with Crippen molar-refractivity contribution in [3.05, 3.63) is 28.7 Å². The van der Waals surface area contributed by atoms with Gasteiger partial charge in [0.2, 0.25) is 0 Å². The molecular formula is C14H14N4O2S2. The quantitative estimate of drug-likeness (QED) is 0.731. The fraction of sp³-hybridized carbons (Fsp3) is 0.357. The zero-order chi connectivity index (χ0) is 14.8. The number of ether oxygens (including phenoxy) is 1. The first-order chi connectivity index (χ1) is 10.9. The van der Waals surface area contributed by atoms with Gasteiger partial charge < -0.3 is 9.26 Å². The van der Waals surface area contributed by atoms with Crippen LogP contribution >= 0.6 is 22.7 Å². The maximum atomic E-state index is 5.35. The first-order valence-corrected chi connectivity index (χ1v) is 8.77. The molecule has 1 saturated heterocycles. The number of rotatable bonds is 4. The van der Waals surface area contributed by atoms with Crippen molar-refractivity contribution >= 4 is 22.7 Å². The van der Waals surface area contributed by atoms with Crippen molar-refractivity contribution in [2.75, 3.05) is 26.3 Å². The Hall–Kier alpha value is -1.61. The molecule has 3 aromatic heterocycles. The van der Waals surface area contributed by atoms with E-state index in [0.29, 0.717) is 18.3 Å². The van der Waals surface area contributed by atoms with E-state index in [0.717, 1.165) is 41.9 Å². The SMILES string of the molecule is c1csc(-c2nc(-c3nc(CN4CCOCC4)no3)cs2)c1. The minimum atomic E-state index is 0.488. The normalized spacial score (nSPS) is 16.2. The standard InChI is InChI=1S/C14H14N4O2S2/c1-2-11(21-7-1)14-15-10(9-22-14)13-16-12(17-20-13)8-18-3-5-19-6-4-18/h1-2,7,9H,3-6,8H2. The molecule has 1 fully saturated rings. The fourth-order valence-corrected chi connectivity index (χ4v) is 3.87. The first-order valence-electron chi connectivity index (χ1n) is 7.01. The van der Waals surface area contributed by atoms with Gasteiger partial charge in [-0.2, -0.15) is 4.98 Å². The monoisotopic (exact) mass is 334 g/mol. The molecule has 6 nitrogen and oxygen atoms in total. The number of thiophene rings is 1. The lowest BCUT2D eigenvalue weighted by Crippen LogP contribution is -2.35. The number of morpholine rings is 1. The van der Waals surface area contributed by atoms with Crippen LogP contribution in [0.2, 0.25) is 0 Å². The molecule has 0 spiro atoms. The number of thiazole rings is 1. The molecule has 1 aliphatic rings. The molecule has 4 heterocycles. The summed E-state index contributed by atoms with van der Waals surface area (Å²) >= 11 is 3.27. The number of hydrogen-bond acceptors (Lipinski definition) is 8. The molecule has 4 rings (SSSR count). The minimum Gasteiger partial charge on any atom is -0.379 e. The summed E-state index contributed by atoms with van der Waals surface area (Å²) in [7, 11) is 0. The summed E-state index contributed by atoms with van der Waals surface area (Å²) in [4.78, 5) is 12.5. The van der Waals surface area contributed by atoms with Crippen molar-refractivity contribution in [2.45, 2.75) is 6.54 Å². The molecule has 0 saturated carbocycles. The van der Waals surface area contributed by atoms with Crippen molar-refractivity contribution in [2.24, 2.45) is 0 Å². The number of hydrogen-bond donors (Lipinski definition) is 0.